The molecule has 4 rings (SSSR count). The number of hydrogen-bond donors (Lipinski definition) is 0. The van der Waals surface area contributed by atoms with Crippen LogP contribution in [0.3, 0.4) is 0 Å². The summed E-state index contributed by atoms with van der Waals surface area (Å²) >= 11 is 0. The fourth-order valence-corrected chi connectivity index (χ4v) is 5.32. The zero-order chi connectivity index (χ0) is 32.8. The van der Waals surface area contributed by atoms with Crippen LogP contribution in [0.2, 0.25) is 0 Å². The number of rotatable bonds is 11. The topological polar surface area (TPSA) is 88.1 Å². The van der Waals surface area contributed by atoms with Crippen LogP contribution in [0.1, 0.15) is 65.8 Å². The summed E-state index contributed by atoms with van der Waals surface area (Å²) in [4.78, 5) is 36.3. The smallest absolute Gasteiger partial charge is 0.343 e. The van der Waals surface area contributed by atoms with Crippen LogP contribution in [-0.2, 0) is 9.53 Å². The summed E-state index contributed by atoms with van der Waals surface area (Å²) in [5.74, 6) is -6.38. The van der Waals surface area contributed by atoms with Crippen molar-refractivity contribution in [3.8, 4) is 17.2 Å². The van der Waals surface area contributed by atoms with Crippen molar-refractivity contribution >= 4 is 17.9 Å². The maximum atomic E-state index is 15.3. The molecule has 0 heterocycles. The van der Waals surface area contributed by atoms with E-state index in [0.29, 0.717) is 12.2 Å². The second-order valence-electron chi connectivity index (χ2n) is 11.4. The Bertz CT molecular complexity index is 1500. The number of alkyl halides is 3. The lowest BCUT2D eigenvalue weighted by atomic mass is 9.64. The molecule has 0 aliphatic heterocycles. The molecule has 0 bridgehead atoms. The second-order valence-corrected chi connectivity index (χ2v) is 11.4. The Balaban J connectivity index is 1.32. The van der Waals surface area contributed by atoms with Crippen molar-refractivity contribution in [2.24, 2.45) is 11.8 Å². The van der Waals surface area contributed by atoms with Gasteiger partial charge < -0.3 is 18.9 Å². The van der Waals surface area contributed by atoms with Crippen molar-refractivity contribution in [1.82, 2.24) is 0 Å². The van der Waals surface area contributed by atoms with Gasteiger partial charge in [0.2, 0.25) is 0 Å². The highest BCUT2D eigenvalue weighted by Gasteiger charge is 2.62. The lowest BCUT2D eigenvalue weighted by Gasteiger charge is -2.46. The van der Waals surface area contributed by atoms with Crippen molar-refractivity contribution in [2.75, 3.05) is 13.2 Å². The van der Waals surface area contributed by atoms with Crippen LogP contribution in [0.25, 0.3) is 0 Å². The molecule has 1 fully saturated rings. The number of hydrogen-bond acceptors (Lipinski definition) is 7. The first kappa shape index (κ1) is 33.3. The number of carbonyl (C=O) groups is 3. The van der Waals surface area contributed by atoms with Crippen LogP contribution in [0.4, 0.5) is 13.2 Å². The van der Waals surface area contributed by atoms with E-state index in [-0.39, 0.29) is 53.7 Å². The van der Waals surface area contributed by atoms with Gasteiger partial charge in [0.05, 0.1) is 17.0 Å². The van der Waals surface area contributed by atoms with Gasteiger partial charge in [0.1, 0.15) is 30.5 Å². The van der Waals surface area contributed by atoms with E-state index in [1.807, 2.05) is 13.8 Å². The van der Waals surface area contributed by atoms with Crippen LogP contribution in [0.5, 0.6) is 17.2 Å². The molecular weight excluding hydrogens is 589 g/mol. The highest BCUT2D eigenvalue weighted by Crippen LogP contribution is 2.56. The summed E-state index contributed by atoms with van der Waals surface area (Å²) in [6.07, 6.45) is 1.20. The number of carbonyl (C=O) groups excluding carboxylic acids is 3. The zero-order valence-electron chi connectivity index (χ0n) is 25.3. The summed E-state index contributed by atoms with van der Waals surface area (Å²) in [6.45, 7) is 8.15. The zero-order valence-corrected chi connectivity index (χ0v) is 25.3. The standard InChI is InChI=1S/C35H35F3O7/c1-5-30(39)43-21-20-42-26-12-10-25(11-13-26)33(41)45-28-16-14-27(15-17-28)44-32(40)24-8-6-23(7-9-24)31-29(22(2)3)18-19-34(4,36)35(31,37)38/h5-17,22,29,31H,1,18-21H2,2-4H3. The molecular formula is C35H35F3O7. The average Bonchev–Trinajstić information content (AvgIpc) is 3.01. The molecule has 0 radical (unpaired) electrons. The van der Waals surface area contributed by atoms with E-state index in [4.69, 9.17) is 18.9 Å². The normalized spacial score (nSPS) is 20.6. The quantitative estimate of drug-likeness (QED) is 0.0933. The molecule has 0 amide bonds. The third-order valence-corrected chi connectivity index (χ3v) is 7.92. The fraction of sp³-hybridized carbons (Fsp3) is 0.343. The summed E-state index contributed by atoms with van der Waals surface area (Å²) in [7, 11) is 0. The van der Waals surface area contributed by atoms with Gasteiger partial charge in [-0.05, 0) is 97.8 Å². The van der Waals surface area contributed by atoms with E-state index < -0.39 is 41.3 Å². The molecule has 1 aliphatic rings. The van der Waals surface area contributed by atoms with Gasteiger partial charge in [0.25, 0.3) is 5.92 Å². The molecule has 0 N–H and O–H groups in total. The molecule has 0 aromatic heterocycles. The minimum atomic E-state index is -3.56. The summed E-state index contributed by atoms with van der Waals surface area (Å²) in [5, 5.41) is 0. The lowest BCUT2D eigenvalue weighted by molar-refractivity contribution is -0.186. The minimum Gasteiger partial charge on any atom is -0.490 e. The minimum absolute atomic E-state index is 0.0498. The molecule has 45 heavy (non-hydrogen) atoms. The number of halogens is 3. The second kappa shape index (κ2) is 14.0. The Morgan fingerprint density at radius 1 is 0.822 bits per heavy atom. The van der Waals surface area contributed by atoms with E-state index in [2.05, 4.69) is 6.58 Å². The van der Waals surface area contributed by atoms with Crippen molar-refractivity contribution < 1.29 is 46.5 Å². The first-order chi connectivity index (χ1) is 21.3. The summed E-state index contributed by atoms with van der Waals surface area (Å²) < 4.78 is 66.5. The summed E-state index contributed by atoms with van der Waals surface area (Å²) in [5.41, 5.74) is -1.94. The highest BCUT2D eigenvalue weighted by molar-refractivity contribution is 5.92. The number of esters is 3. The molecule has 238 valence electrons. The molecule has 3 aromatic rings. The van der Waals surface area contributed by atoms with Gasteiger partial charge in [-0.25, -0.2) is 27.6 Å². The Labute approximate surface area is 259 Å². The van der Waals surface area contributed by atoms with Crippen LogP contribution in [0.15, 0.2) is 85.5 Å². The molecule has 0 saturated heterocycles. The molecule has 3 atom stereocenters. The monoisotopic (exact) mass is 624 g/mol. The van der Waals surface area contributed by atoms with Gasteiger partial charge in [0, 0.05) is 6.08 Å². The van der Waals surface area contributed by atoms with E-state index in [0.717, 1.165) is 13.0 Å². The van der Waals surface area contributed by atoms with Gasteiger partial charge in [-0.2, -0.15) is 0 Å². The van der Waals surface area contributed by atoms with E-state index in [1.54, 1.807) is 12.1 Å². The van der Waals surface area contributed by atoms with Gasteiger partial charge in [-0.1, -0.05) is 32.6 Å². The Morgan fingerprint density at radius 3 is 1.80 bits per heavy atom. The Kier molecular flexibility index (Phi) is 10.4. The first-order valence-electron chi connectivity index (χ1n) is 14.6. The average molecular weight is 625 g/mol. The van der Waals surface area contributed by atoms with E-state index in [1.165, 1.54) is 60.7 Å². The van der Waals surface area contributed by atoms with Crippen LogP contribution < -0.4 is 14.2 Å². The van der Waals surface area contributed by atoms with Crippen LogP contribution in [-0.4, -0.2) is 42.7 Å². The van der Waals surface area contributed by atoms with Crippen molar-refractivity contribution in [3.63, 3.8) is 0 Å². The third-order valence-electron chi connectivity index (χ3n) is 7.92. The lowest BCUT2D eigenvalue weighted by Crippen LogP contribution is -2.53. The molecule has 10 heteroatoms. The molecule has 1 saturated carbocycles. The Morgan fingerprint density at radius 2 is 1.31 bits per heavy atom. The molecule has 1 aliphatic carbocycles. The van der Waals surface area contributed by atoms with Crippen molar-refractivity contribution in [2.45, 2.75) is 51.1 Å². The van der Waals surface area contributed by atoms with Gasteiger partial charge in [-0.15, -0.1) is 0 Å². The van der Waals surface area contributed by atoms with Crippen molar-refractivity contribution in [1.29, 1.82) is 0 Å². The third kappa shape index (κ3) is 7.92. The predicted molar refractivity (Wildman–Crippen MR) is 161 cm³/mol. The fourth-order valence-electron chi connectivity index (χ4n) is 5.32. The maximum absolute atomic E-state index is 15.3. The van der Waals surface area contributed by atoms with Gasteiger partial charge in [0.15, 0.2) is 5.67 Å². The highest BCUT2D eigenvalue weighted by atomic mass is 19.3. The molecule has 3 unspecified atom stereocenters. The SMILES string of the molecule is C=CC(=O)OCCOc1ccc(C(=O)Oc2ccc(OC(=O)c3ccc(C4C(C(C)C)CCC(C)(F)C4(F)F)cc3)cc2)cc1. The van der Waals surface area contributed by atoms with Crippen LogP contribution in [0, 0.1) is 11.8 Å². The maximum Gasteiger partial charge on any atom is 0.343 e. The van der Waals surface area contributed by atoms with Crippen molar-refractivity contribution in [3.05, 3.63) is 102 Å². The molecule has 3 aromatic carbocycles. The van der Waals surface area contributed by atoms with E-state index in [9.17, 15) is 18.8 Å². The van der Waals surface area contributed by atoms with E-state index >= 15 is 8.78 Å². The number of benzene rings is 3. The molecule has 0 spiro atoms. The Hall–Kier alpha value is -4.60. The van der Waals surface area contributed by atoms with Crippen LogP contribution >= 0.6 is 0 Å². The first-order valence-corrected chi connectivity index (χ1v) is 14.6. The predicted octanol–water partition coefficient (Wildman–Crippen LogP) is 7.75. The molecule has 7 nitrogen and oxygen atoms in total. The summed E-state index contributed by atoms with van der Waals surface area (Å²) in [6, 6.07) is 17.7. The van der Waals surface area contributed by atoms with Gasteiger partial charge in [-0.3, -0.25) is 0 Å². The largest absolute Gasteiger partial charge is 0.490 e. The van der Waals surface area contributed by atoms with Gasteiger partial charge >= 0.3 is 17.9 Å². The number of ether oxygens (including phenoxy) is 4.